The summed E-state index contributed by atoms with van der Waals surface area (Å²) in [5.74, 6) is -0.588. The Bertz CT molecular complexity index is 1570. The number of aromatic amines is 1. The van der Waals surface area contributed by atoms with Gasteiger partial charge >= 0.3 is 0 Å². The number of nitrogens with zero attached hydrogens (tertiary/aromatic N) is 3. The van der Waals surface area contributed by atoms with Gasteiger partial charge in [0.15, 0.2) is 5.82 Å². The second-order valence-corrected chi connectivity index (χ2v) is 10.3. The van der Waals surface area contributed by atoms with Gasteiger partial charge in [0.25, 0.3) is 0 Å². The van der Waals surface area contributed by atoms with Crippen LogP contribution in [0.25, 0.3) is 11.1 Å². The monoisotopic (exact) mass is 536 g/mol. The molecule has 3 aromatic carbocycles. The summed E-state index contributed by atoms with van der Waals surface area (Å²) in [6.07, 6.45) is 4.07. The molecule has 2 aromatic heterocycles. The second kappa shape index (κ2) is 11.2. The number of carbonyl (C=O) groups excluding carboxylic acids is 1. The van der Waals surface area contributed by atoms with E-state index in [0.29, 0.717) is 12.2 Å². The summed E-state index contributed by atoms with van der Waals surface area (Å²) >= 11 is 0. The molecule has 1 amide bonds. The number of H-pyrrole nitrogens is 1. The van der Waals surface area contributed by atoms with Crippen LogP contribution in [0, 0.1) is 13.8 Å². The summed E-state index contributed by atoms with van der Waals surface area (Å²) in [6, 6.07) is 21.6. The third-order valence-corrected chi connectivity index (χ3v) is 7.41. The molecule has 0 fully saturated rings. The Morgan fingerprint density at radius 1 is 1.05 bits per heavy atom. The van der Waals surface area contributed by atoms with E-state index >= 15 is 0 Å². The molecule has 0 saturated heterocycles. The highest BCUT2D eigenvalue weighted by Crippen LogP contribution is 2.34. The number of amides is 1. The maximum absolute atomic E-state index is 13.0. The molecular weight excluding hydrogens is 504 g/mol. The maximum atomic E-state index is 13.0. The van der Waals surface area contributed by atoms with Crippen molar-refractivity contribution < 1.29 is 14.4 Å². The van der Waals surface area contributed by atoms with Crippen LogP contribution < -0.4 is 11.5 Å². The van der Waals surface area contributed by atoms with Gasteiger partial charge in [0, 0.05) is 31.2 Å². The number of aromatic hydroxyl groups is 1. The predicted octanol–water partition coefficient (Wildman–Crippen LogP) is 4.12. The van der Waals surface area contributed by atoms with Gasteiger partial charge in [0.05, 0.1) is 12.2 Å². The molecule has 5 rings (SSSR count). The van der Waals surface area contributed by atoms with E-state index in [1.807, 2.05) is 44.2 Å². The van der Waals surface area contributed by atoms with Gasteiger partial charge in [-0.05, 0) is 59.4 Å². The minimum absolute atomic E-state index is 0.123. The van der Waals surface area contributed by atoms with Crippen LogP contribution in [0.4, 0.5) is 0 Å². The summed E-state index contributed by atoms with van der Waals surface area (Å²) in [5, 5.41) is 14.2. The van der Waals surface area contributed by atoms with Crippen molar-refractivity contribution >= 4 is 5.91 Å². The van der Waals surface area contributed by atoms with E-state index in [4.69, 9.17) is 16.0 Å². The normalized spacial score (nSPS) is 13.6. The van der Waals surface area contributed by atoms with Crippen molar-refractivity contribution in [3.8, 4) is 16.9 Å². The highest BCUT2D eigenvalue weighted by atomic mass is 16.5. The first kappa shape index (κ1) is 26.8. The first-order valence-corrected chi connectivity index (χ1v) is 13.0. The average Bonchev–Trinajstić information content (AvgIpc) is 3.62. The van der Waals surface area contributed by atoms with Crippen LogP contribution in [0.5, 0.6) is 5.75 Å². The highest BCUT2D eigenvalue weighted by Gasteiger charge is 2.45. The minimum Gasteiger partial charge on any atom is -0.508 e. The van der Waals surface area contributed by atoms with Crippen molar-refractivity contribution in [2.45, 2.75) is 44.6 Å². The number of hydrogen-bond donors (Lipinski definition) is 4. The quantitative estimate of drug-likeness (QED) is 0.209. The lowest BCUT2D eigenvalue weighted by Gasteiger charge is -2.33. The zero-order chi connectivity index (χ0) is 28.3. The van der Waals surface area contributed by atoms with Gasteiger partial charge in [0.2, 0.25) is 11.8 Å². The fourth-order valence-electron chi connectivity index (χ4n) is 5.14. The lowest BCUT2D eigenvalue weighted by Crippen LogP contribution is -2.58. The number of phenols is 1. The fraction of sp³-hybridized carbons (Fsp3) is 0.226. The van der Waals surface area contributed by atoms with Crippen LogP contribution in [0.3, 0.4) is 0 Å². The summed E-state index contributed by atoms with van der Waals surface area (Å²) in [6.45, 7) is 3.72. The minimum atomic E-state index is -1.57. The Morgan fingerprint density at radius 3 is 2.35 bits per heavy atom. The van der Waals surface area contributed by atoms with Gasteiger partial charge in [-0.2, -0.15) is 4.98 Å². The van der Waals surface area contributed by atoms with Crippen LogP contribution in [0.1, 0.15) is 45.6 Å². The molecule has 204 valence electrons. The molecule has 2 heterocycles. The number of hydrogen-bond acceptors (Lipinski definition) is 7. The lowest BCUT2D eigenvalue weighted by atomic mass is 9.75. The number of rotatable bonds is 10. The van der Waals surface area contributed by atoms with E-state index in [-0.39, 0.29) is 24.5 Å². The van der Waals surface area contributed by atoms with E-state index in [9.17, 15) is 9.90 Å². The summed E-state index contributed by atoms with van der Waals surface area (Å²) in [4.78, 5) is 24.9. The number of aryl methyl sites for hydroxylation is 2. The Morgan fingerprint density at radius 2 is 1.73 bits per heavy atom. The SMILES string of the molecule is Cc1cc(O)cc(C)c1CC(N)(C(N)=O)[C@H](Cc1cnc[nH]1)c1nc(Cc2ccc(-c3ccccc3)cc2)no1. The summed E-state index contributed by atoms with van der Waals surface area (Å²) < 4.78 is 5.73. The molecule has 0 bridgehead atoms. The molecule has 2 atom stereocenters. The molecule has 0 aliphatic carbocycles. The van der Waals surface area contributed by atoms with E-state index < -0.39 is 17.4 Å². The van der Waals surface area contributed by atoms with Gasteiger partial charge in [-0.3, -0.25) is 4.79 Å². The zero-order valence-corrected chi connectivity index (χ0v) is 22.5. The number of benzene rings is 3. The smallest absolute Gasteiger partial charge is 0.238 e. The molecule has 40 heavy (non-hydrogen) atoms. The van der Waals surface area contributed by atoms with Crippen molar-refractivity contribution in [1.29, 1.82) is 0 Å². The number of carbonyl (C=O) groups is 1. The van der Waals surface area contributed by atoms with Crippen molar-refractivity contribution in [2.24, 2.45) is 11.5 Å². The molecular formula is C31H32N6O3. The molecule has 0 aliphatic heterocycles. The topological polar surface area (TPSA) is 157 Å². The third kappa shape index (κ3) is 5.64. The lowest BCUT2D eigenvalue weighted by molar-refractivity contribution is -0.124. The molecule has 9 heteroatoms. The molecule has 9 nitrogen and oxygen atoms in total. The fourth-order valence-corrected chi connectivity index (χ4v) is 5.14. The van der Waals surface area contributed by atoms with Crippen LogP contribution in [-0.4, -0.2) is 36.7 Å². The molecule has 0 aliphatic rings. The summed E-state index contributed by atoms with van der Waals surface area (Å²) in [7, 11) is 0. The number of imidazole rings is 1. The van der Waals surface area contributed by atoms with Gasteiger partial charge in [0.1, 0.15) is 11.3 Å². The Labute approximate surface area is 232 Å². The first-order valence-electron chi connectivity index (χ1n) is 13.0. The maximum Gasteiger partial charge on any atom is 0.238 e. The average molecular weight is 537 g/mol. The number of phenolic OH excluding ortho intramolecular Hbond substituents is 1. The molecule has 1 unspecified atom stereocenters. The van der Waals surface area contributed by atoms with E-state index in [1.54, 1.807) is 24.7 Å². The Balaban J connectivity index is 1.45. The van der Waals surface area contributed by atoms with Crippen LogP contribution >= 0.6 is 0 Å². The first-order chi connectivity index (χ1) is 19.2. The second-order valence-electron chi connectivity index (χ2n) is 10.3. The van der Waals surface area contributed by atoms with E-state index in [0.717, 1.165) is 39.1 Å². The van der Waals surface area contributed by atoms with Gasteiger partial charge in [-0.25, -0.2) is 4.98 Å². The van der Waals surface area contributed by atoms with Crippen LogP contribution in [0.2, 0.25) is 0 Å². The van der Waals surface area contributed by atoms with Gasteiger partial charge < -0.3 is 26.1 Å². The molecule has 5 aromatic rings. The number of nitrogens with one attached hydrogen (secondary N) is 1. The molecule has 6 N–H and O–H groups in total. The number of primary amides is 1. The Kier molecular flexibility index (Phi) is 7.48. The number of nitrogens with two attached hydrogens (primary N) is 2. The standard InChI is InChI=1S/C31H32N6O3/c1-19-12-25(38)13-20(2)26(19)16-31(33,30(32)39)27(15-24-17-34-18-35-24)29-36-28(37-40-29)14-21-8-10-23(11-9-21)22-6-4-3-5-7-22/h3-13,17-18,27,38H,14-16,33H2,1-2H3,(H2,32,39)(H,34,35)/t27-,31?/m1/s1. The van der Waals surface area contributed by atoms with Crippen LogP contribution in [0.15, 0.2) is 83.8 Å². The Hall–Kier alpha value is -4.76. The van der Waals surface area contributed by atoms with Gasteiger partial charge in [-0.15, -0.1) is 0 Å². The summed E-state index contributed by atoms with van der Waals surface area (Å²) in [5.41, 5.74) is 17.7. The van der Waals surface area contributed by atoms with E-state index in [1.165, 1.54) is 0 Å². The van der Waals surface area contributed by atoms with Crippen molar-refractivity contribution in [3.05, 3.63) is 119 Å². The zero-order valence-electron chi connectivity index (χ0n) is 22.5. The van der Waals surface area contributed by atoms with Crippen molar-refractivity contribution in [3.63, 3.8) is 0 Å². The molecule has 0 radical (unpaired) electrons. The largest absolute Gasteiger partial charge is 0.508 e. The molecule has 0 spiro atoms. The van der Waals surface area contributed by atoms with E-state index in [2.05, 4.69) is 44.4 Å². The number of aromatic nitrogens is 4. The third-order valence-electron chi connectivity index (χ3n) is 7.41. The van der Waals surface area contributed by atoms with Crippen molar-refractivity contribution in [2.75, 3.05) is 0 Å². The van der Waals surface area contributed by atoms with Crippen molar-refractivity contribution in [1.82, 2.24) is 20.1 Å². The van der Waals surface area contributed by atoms with Gasteiger partial charge in [-0.1, -0.05) is 59.8 Å². The molecule has 0 saturated carbocycles. The predicted molar refractivity (Wildman–Crippen MR) is 151 cm³/mol. The highest BCUT2D eigenvalue weighted by molar-refractivity contribution is 5.86. The van der Waals surface area contributed by atoms with Crippen LogP contribution in [-0.2, 0) is 24.1 Å².